The molecule has 0 spiro atoms. The van der Waals surface area contributed by atoms with E-state index in [1.54, 1.807) is 19.3 Å². The number of carbonyl (C=O) groups excluding carboxylic acids is 1. The molecule has 3 aromatic heterocycles. The Morgan fingerprint density at radius 2 is 2.25 bits per heavy atom. The minimum absolute atomic E-state index is 0.00749. The summed E-state index contributed by atoms with van der Waals surface area (Å²) < 4.78 is 12.6. The highest BCUT2D eigenvalue weighted by Gasteiger charge is 2.18. The molecule has 0 aliphatic heterocycles. The maximum Gasteiger partial charge on any atom is 0.271 e. The molecule has 0 bridgehead atoms. The van der Waals surface area contributed by atoms with Gasteiger partial charge in [-0.25, -0.2) is 4.68 Å². The van der Waals surface area contributed by atoms with Gasteiger partial charge in [0.15, 0.2) is 5.69 Å². The highest BCUT2D eigenvalue weighted by atomic mass is 16.5. The molecule has 0 saturated heterocycles. The predicted molar refractivity (Wildman–Crippen MR) is 101 cm³/mol. The van der Waals surface area contributed by atoms with E-state index in [2.05, 4.69) is 20.6 Å². The summed E-state index contributed by atoms with van der Waals surface area (Å²) >= 11 is 0. The maximum atomic E-state index is 12.2. The number of aryl methyl sites for hydroxylation is 2. The Balaban J connectivity index is 1.70. The van der Waals surface area contributed by atoms with Gasteiger partial charge in [-0.1, -0.05) is 18.1 Å². The van der Waals surface area contributed by atoms with Crippen LogP contribution < -0.4 is 10.1 Å². The van der Waals surface area contributed by atoms with E-state index in [1.165, 1.54) is 4.68 Å². The average molecular weight is 385 g/mol. The minimum atomic E-state index is -0.318. The second-order valence-corrected chi connectivity index (χ2v) is 6.56. The summed E-state index contributed by atoms with van der Waals surface area (Å²) in [5, 5.41) is 20.0. The van der Waals surface area contributed by atoms with Crippen molar-refractivity contribution in [3.05, 3.63) is 47.5 Å². The number of aliphatic hydroxyl groups excluding tert-OH is 1. The average Bonchev–Trinajstić information content (AvgIpc) is 3.27. The van der Waals surface area contributed by atoms with Crippen molar-refractivity contribution in [3.8, 4) is 17.3 Å². The highest BCUT2D eigenvalue weighted by Crippen LogP contribution is 2.25. The van der Waals surface area contributed by atoms with Crippen LogP contribution in [0.1, 0.15) is 28.7 Å². The first-order chi connectivity index (χ1) is 13.5. The highest BCUT2D eigenvalue weighted by molar-refractivity contribution is 5.92. The van der Waals surface area contributed by atoms with Crippen molar-refractivity contribution < 1.29 is 19.2 Å². The van der Waals surface area contributed by atoms with Crippen molar-refractivity contribution in [1.82, 2.24) is 25.2 Å². The number of rotatable bonds is 8. The third-order valence-corrected chi connectivity index (χ3v) is 4.25. The van der Waals surface area contributed by atoms with Crippen molar-refractivity contribution >= 4 is 5.91 Å². The van der Waals surface area contributed by atoms with Gasteiger partial charge >= 0.3 is 0 Å². The standard InChI is InChI=1S/C19H23N5O4/c1-12(10-25)9-21-19(26)16-8-17(24(3)22-16)27-11-14-13(2)28-23-18(14)15-6-4-5-7-20-15/h4-8,12,25H,9-11H2,1-3H3,(H,21,26). The van der Waals surface area contributed by atoms with Crippen molar-refractivity contribution in [3.63, 3.8) is 0 Å². The SMILES string of the molecule is Cc1onc(-c2ccccn2)c1COc1cc(C(=O)NCC(C)CO)nn1C. The van der Waals surface area contributed by atoms with E-state index in [9.17, 15) is 4.79 Å². The number of ether oxygens (including phenoxy) is 1. The number of hydrogen-bond acceptors (Lipinski definition) is 7. The zero-order valence-corrected chi connectivity index (χ0v) is 16.0. The molecule has 148 valence electrons. The Morgan fingerprint density at radius 3 is 2.96 bits per heavy atom. The molecule has 1 atom stereocenters. The van der Waals surface area contributed by atoms with Gasteiger partial charge in [-0.15, -0.1) is 0 Å². The van der Waals surface area contributed by atoms with Gasteiger partial charge in [0.05, 0.1) is 11.3 Å². The Kier molecular flexibility index (Phi) is 6.05. The smallest absolute Gasteiger partial charge is 0.271 e. The Labute approximate surface area is 162 Å². The molecule has 3 aromatic rings. The van der Waals surface area contributed by atoms with Crippen LogP contribution in [-0.2, 0) is 13.7 Å². The summed E-state index contributed by atoms with van der Waals surface area (Å²) in [5.74, 6) is 0.734. The van der Waals surface area contributed by atoms with Crippen LogP contribution in [-0.4, -0.2) is 44.1 Å². The third-order valence-electron chi connectivity index (χ3n) is 4.25. The molecule has 0 aliphatic rings. The molecule has 0 aliphatic carbocycles. The minimum Gasteiger partial charge on any atom is -0.473 e. The van der Waals surface area contributed by atoms with Crippen molar-refractivity contribution in [1.29, 1.82) is 0 Å². The molecule has 1 unspecified atom stereocenters. The predicted octanol–water partition coefficient (Wildman–Crippen LogP) is 1.72. The fourth-order valence-corrected chi connectivity index (χ4v) is 2.53. The van der Waals surface area contributed by atoms with Gasteiger partial charge in [0.2, 0.25) is 5.88 Å². The second-order valence-electron chi connectivity index (χ2n) is 6.56. The summed E-state index contributed by atoms with van der Waals surface area (Å²) in [6.45, 7) is 4.22. The van der Waals surface area contributed by atoms with Crippen LogP contribution >= 0.6 is 0 Å². The number of nitrogens with one attached hydrogen (secondary N) is 1. The zero-order valence-electron chi connectivity index (χ0n) is 16.0. The molecule has 3 rings (SSSR count). The molecule has 28 heavy (non-hydrogen) atoms. The van der Waals surface area contributed by atoms with Crippen LogP contribution in [0.3, 0.4) is 0 Å². The lowest BCUT2D eigenvalue weighted by molar-refractivity contribution is 0.0936. The number of aliphatic hydroxyl groups is 1. The fraction of sp³-hybridized carbons (Fsp3) is 0.368. The van der Waals surface area contributed by atoms with Crippen LogP contribution in [0.2, 0.25) is 0 Å². The van der Waals surface area contributed by atoms with Gasteiger partial charge in [-0.05, 0) is 25.0 Å². The maximum absolute atomic E-state index is 12.2. The van der Waals surface area contributed by atoms with E-state index < -0.39 is 0 Å². The normalized spacial score (nSPS) is 12.0. The summed E-state index contributed by atoms with van der Waals surface area (Å²) in [7, 11) is 1.70. The largest absolute Gasteiger partial charge is 0.473 e. The molecule has 1 amide bonds. The van der Waals surface area contributed by atoms with Gasteiger partial charge in [0.25, 0.3) is 5.91 Å². The summed E-state index contributed by atoms with van der Waals surface area (Å²) in [6.07, 6.45) is 1.69. The summed E-state index contributed by atoms with van der Waals surface area (Å²) in [6, 6.07) is 7.12. The quantitative estimate of drug-likeness (QED) is 0.606. The molecule has 3 heterocycles. The molecule has 9 nitrogen and oxygen atoms in total. The molecule has 2 N–H and O–H groups in total. The lowest BCUT2D eigenvalue weighted by atomic mass is 10.1. The van der Waals surface area contributed by atoms with Crippen molar-refractivity contribution in [2.75, 3.05) is 13.2 Å². The number of amides is 1. The van der Waals surface area contributed by atoms with Gasteiger partial charge in [-0.3, -0.25) is 9.78 Å². The lowest BCUT2D eigenvalue weighted by Crippen LogP contribution is -2.29. The van der Waals surface area contributed by atoms with Crippen LogP contribution in [0.25, 0.3) is 11.4 Å². The van der Waals surface area contributed by atoms with E-state index in [4.69, 9.17) is 14.4 Å². The Hall–Kier alpha value is -3.20. The summed E-state index contributed by atoms with van der Waals surface area (Å²) in [4.78, 5) is 16.5. The van der Waals surface area contributed by atoms with E-state index >= 15 is 0 Å². The second kappa shape index (κ2) is 8.66. The van der Waals surface area contributed by atoms with Gasteiger partial charge < -0.3 is 19.7 Å². The van der Waals surface area contributed by atoms with E-state index in [0.717, 1.165) is 5.56 Å². The number of pyridine rings is 1. The first-order valence-corrected chi connectivity index (χ1v) is 8.92. The number of carbonyl (C=O) groups is 1. The van der Waals surface area contributed by atoms with Gasteiger partial charge in [-0.2, -0.15) is 5.10 Å². The molecular weight excluding hydrogens is 362 g/mol. The third kappa shape index (κ3) is 4.37. The first-order valence-electron chi connectivity index (χ1n) is 8.92. The Bertz CT molecular complexity index is 935. The fourth-order valence-electron chi connectivity index (χ4n) is 2.53. The zero-order chi connectivity index (χ0) is 20.1. The van der Waals surface area contributed by atoms with E-state index in [1.807, 2.05) is 32.0 Å². The number of nitrogens with zero attached hydrogens (tertiary/aromatic N) is 4. The lowest BCUT2D eigenvalue weighted by Gasteiger charge is -2.07. The number of hydrogen-bond donors (Lipinski definition) is 2. The van der Waals surface area contributed by atoms with Gasteiger partial charge in [0.1, 0.15) is 18.1 Å². The number of aromatic nitrogens is 4. The molecule has 0 radical (unpaired) electrons. The van der Waals surface area contributed by atoms with Crippen LogP contribution in [0.4, 0.5) is 0 Å². The topological polar surface area (TPSA) is 115 Å². The van der Waals surface area contributed by atoms with Crippen LogP contribution in [0.5, 0.6) is 5.88 Å². The van der Waals surface area contributed by atoms with Gasteiger partial charge in [0, 0.05) is 32.5 Å². The van der Waals surface area contributed by atoms with Crippen molar-refractivity contribution in [2.24, 2.45) is 13.0 Å². The molecular formula is C19H23N5O4. The van der Waals surface area contributed by atoms with Crippen LogP contribution in [0.15, 0.2) is 35.0 Å². The first kappa shape index (κ1) is 19.6. The summed E-state index contributed by atoms with van der Waals surface area (Å²) in [5.41, 5.74) is 2.34. The van der Waals surface area contributed by atoms with Crippen LogP contribution in [0, 0.1) is 12.8 Å². The molecule has 0 fully saturated rings. The van der Waals surface area contributed by atoms with Crippen molar-refractivity contribution in [2.45, 2.75) is 20.5 Å². The molecule has 0 saturated carbocycles. The molecule has 9 heteroatoms. The van der Waals surface area contributed by atoms with E-state index in [0.29, 0.717) is 29.6 Å². The molecule has 0 aromatic carbocycles. The van der Waals surface area contributed by atoms with E-state index in [-0.39, 0.29) is 30.7 Å². The Morgan fingerprint density at radius 1 is 1.43 bits per heavy atom. The monoisotopic (exact) mass is 385 g/mol.